The molecule has 0 saturated heterocycles. The van der Waals surface area contributed by atoms with Gasteiger partial charge in [0.2, 0.25) is 0 Å². The van der Waals surface area contributed by atoms with Gasteiger partial charge >= 0.3 is 0 Å². The van der Waals surface area contributed by atoms with Gasteiger partial charge in [-0.1, -0.05) is 42.5 Å². The predicted octanol–water partition coefficient (Wildman–Crippen LogP) is 2.62. The SMILES string of the molecule is Nc1ccc(CC(=O)Cc2ccccc2)cc1. The Kier molecular flexibility index (Phi) is 3.55. The number of Topliss-reactive ketones (excluding diaryl/α,β-unsaturated/α-hetero) is 1. The van der Waals surface area contributed by atoms with Crippen LogP contribution in [-0.2, 0) is 17.6 Å². The van der Waals surface area contributed by atoms with Crippen LogP contribution in [0.5, 0.6) is 0 Å². The van der Waals surface area contributed by atoms with E-state index in [-0.39, 0.29) is 5.78 Å². The molecule has 0 aliphatic rings. The summed E-state index contributed by atoms with van der Waals surface area (Å²) in [5.41, 5.74) is 8.40. The average molecular weight is 225 g/mol. The molecule has 0 spiro atoms. The summed E-state index contributed by atoms with van der Waals surface area (Å²) in [6.07, 6.45) is 0.959. The minimum Gasteiger partial charge on any atom is -0.399 e. The van der Waals surface area contributed by atoms with Crippen molar-refractivity contribution in [2.75, 3.05) is 5.73 Å². The molecule has 0 aliphatic heterocycles. The van der Waals surface area contributed by atoms with Gasteiger partial charge < -0.3 is 5.73 Å². The first-order valence-electron chi connectivity index (χ1n) is 5.64. The van der Waals surface area contributed by atoms with Crippen LogP contribution >= 0.6 is 0 Å². The number of nitrogen functional groups attached to an aromatic ring is 1. The molecule has 17 heavy (non-hydrogen) atoms. The molecular weight excluding hydrogens is 210 g/mol. The quantitative estimate of drug-likeness (QED) is 0.813. The second-order valence-corrected chi connectivity index (χ2v) is 4.12. The van der Waals surface area contributed by atoms with Gasteiger partial charge in [0.05, 0.1) is 0 Å². The molecule has 0 fully saturated rings. The molecule has 2 N–H and O–H groups in total. The molecule has 2 rings (SSSR count). The highest BCUT2D eigenvalue weighted by molar-refractivity contribution is 5.83. The molecule has 0 bridgehead atoms. The zero-order chi connectivity index (χ0) is 12.1. The van der Waals surface area contributed by atoms with Crippen molar-refractivity contribution in [1.82, 2.24) is 0 Å². The third-order valence-corrected chi connectivity index (χ3v) is 2.63. The van der Waals surface area contributed by atoms with Crippen LogP contribution in [0.2, 0.25) is 0 Å². The molecule has 86 valence electrons. The molecule has 2 heteroatoms. The number of anilines is 1. The van der Waals surface area contributed by atoms with Crippen molar-refractivity contribution in [3.63, 3.8) is 0 Å². The minimum atomic E-state index is 0.223. The van der Waals surface area contributed by atoms with Gasteiger partial charge in [0, 0.05) is 18.5 Å². The second kappa shape index (κ2) is 5.30. The number of rotatable bonds is 4. The summed E-state index contributed by atoms with van der Waals surface area (Å²) in [6, 6.07) is 17.3. The van der Waals surface area contributed by atoms with Gasteiger partial charge in [-0.25, -0.2) is 0 Å². The maximum absolute atomic E-state index is 11.8. The van der Waals surface area contributed by atoms with Gasteiger partial charge in [0.15, 0.2) is 0 Å². The summed E-state index contributed by atoms with van der Waals surface area (Å²) in [7, 11) is 0. The van der Waals surface area contributed by atoms with E-state index < -0.39 is 0 Å². The third-order valence-electron chi connectivity index (χ3n) is 2.63. The lowest BCUT2D eigenvalue weighted by Crippen LogP contribution is -2.06. The van der Waals surface area contributed by atoms with Gasteiger partial charge in [0.25, 0.3) is 0 Å². The van der Waals surface area contributed by atoms with E-state index in [4.69, 9.17) is 5.73 Å². The maximum atomic E-state index is 11.8. The number of benzene rings is 2. The Balaban J connectivity index is 1.96. The predicted molar refractivity (Wildman–Crippen MR) is 69.7 cm³/mol. The fourth-order valence-corrected chi connectivity index (χ4v) is 1.75. The summed E-state index contributed by atoms with van der Waals surface area (Å²) < 4.78 is 0. The van der Waals surface area contributed by atoms with Crippen molar-refractivity contribution in [2.24, 2.45) is 0 Å². The zero-order valence-electron chi connectivity index (χ0n) is 9.60. The van der Waals surface area contributed by atoms with Crippen LogP contribution in [0.3, 0.4) is 0 Å². The van der Waals surface area contributed by atoms with Crippen LogP contribution in [0.1, 0.15) is 11.1 Å². The summed E-state index contributed by atoms with van der Waals surface area (Å²) in [4.78, 5) is 11.8. The first-order chi connectivity index (χ1) is 8.24. The molecule has 2 aromatic rings. The molecular formula is C15H15NO. The Morgan fingerprint density at radius 2 is 1.35 bits per heavy atom. The highest BCUT2D eigenvalue weighted by Crippen LogP contribution is 2.08. The fourth-order valence-electron chi connectivity index (χ4n) is 1.75. The summed E-state index contributed by atoms with van der Waals surface area (Å²) >= 11 is 0. The first-order valence-corrected chi connectivity index (χ1v) is 5.64. The summed E-state index contributed by atoms with van der Waals surface area (Å²) in [6.45, 7) is 0. The highest BCUT2D eigenvalue weighted by Gasteiger charge is 2.04. The Morgan fingerprint density at radius 1 is 0.824 bits per heavy atom. The van der Waals surface area contributed by atoms with Gasteiger partial charge in [-0.3, -0.25) is 4.79 Å². The number of carbonyl (C=O) groups is 1. The average Bonchev–Trinajstić information content (AvgIpc) is 2.33. The summed E-state index contributed by atoms with van der Waals surface area (Å²) in [5.74, 6) is 0.223. The van der Waals surface area contributed by atoms with Gasteiger partial charge in [-0.15, -0.1) is 0 Å². The Bertz CT molecular complexity index is 488. The van der Waals surface area contributed by atoms with Crippen LogP contribution in [0.4, 0.5) is 5.69 Å². The number of hydrogen-bond acceptors (Lipinski definition) is 2. The molecule has 2 nitrogen and oxygen atoms in total. The molecule has 0 unspecified atom stereocenters. The number of nitrogens with two attached hydrogens (primary N) is 1. The van der Waals surface area contributed by atoms with E-state index in [2.05, 4.69) is 0 Å². The van der Waals surface area contributed by atoms with Crippen molar-refractivity contribution >= 4 is 11.5 Å². The lowest BCUT2D eigenvalue weighted by atomic mass is 10.0. The smallest absolute Gasteiger partial charge is 0.141 e. The topological polar surface area (TPSA) is 43.1 Å². The van der Waals surface area contributed by atoms with E-state index in [0.717, 1.165) is 16.8 Å². The highest BCUT2D eigenvalue weighted by atomic mass is 16.1. The third kappa shape index (κ3) is 3.45. The van der Waals surface area contributed by atoms with Crippen molar-refractivity contribution in [1.29, 1.82) is 0 Å². The summed E-state index contributed by atoms with van der Waals surface area (Å²) in [5, 5.41) is 0. The molecule has 0 saturated carbocycles. The fraction of sp³-hybridized carbons (Fsp3) is 0.133. The van der Waals surface area contributed by atoms with E-state index in [1.165, 1.54) is 0 Å². The van der Waals surface area contributed by atoms with Gasteiger partial charge in [0.1, 0.15) is 5.78 Å². The van der Waals surface area contributed by atoms with Crippen molar-refractivity contribution < 1.29 is 4.79 Å². The Morgan fingerprint density at radius 3 is 1.94 bits per heavy atom. The van der Waals surface area contributed by atoms with Gasteiger partial charge in [-0.05, 0) is 23.3 Å². The number of carbonyl (C=O) groups excluding carboxylic acids is 1. The molecule has 0 aliphatic carbocycles. The van der Waals surface area contributed by atoms with E-state index >= 15 is 0 Å². The van der Waals surface area contributed by atoms with E-state index in [9.17, 15) is 4.79 Å². The second-order valence-electron chi connectivity index (χ2n) is 4.12. The van der Waals surface area contributed by atoms with Crippen LogP contribution in [0, 0.1) is 0 Å². The molecule has 0 amide bonds. The minimum absolute atomic E-state index is 0.223. The van der Waals surface area contributed by atoms with Crippen LogP contribution in [0.25, 0.3) is 0 Å². The van der Waals surface area contributed by atoms with E-state index in [0.29, 0.717) is 12.8 Å². The van der Waals surface area contributed by atoms with Crippen LogP contribution < -0.4 is 5.73 Å². The molecule has 2 aromatic carbocycles. The van der Waals surface area contributed by atoms with E-state index in [1.807, 2.05) is 54.6 Å². The molecule has 0 atom stereocenters. The number of ketones is 1. The normalized spacial score (nSPS) is 10.1. The first kappa shape index (κ1) is 11.4. The standard InChI is InChI=1S/C15H15NO/c16-14-8-6-13(7-9-14)11-15(17)10-12-4-2-1-3-5-12/h1-9H,10-11,16H2. The van der Waals surface area contributed by atoms with Crippen molar-refractivity contribution in [3.8, 4) is 0 Å². The lowest BCUT2D eigenvalue weighted by molar-refractivity contribution is -0.117. The monoisotopic (exact) mass is 225 g/mol. The van der Waals surface area contributed by atoms with Gasteiger partial charge in [-0.2, -0.15) is 0 Å². The largest absolute Gasteiger partial charge is 0.399 e. The zero-order valence-corrected chi connectivity index (χ0v) is 9.60. The van der Waals surface area contributed by atoms with Crippen LogP contribution in [-0.4, -0.2) is 5.78 Å². The maximum Gasteiger partial charge on any atom is 0.141 e. The molecule has 0 radical (unpaired) electrons. The Hall–Kier alpha value is -2.09. The van der Waals surface area contributed by atoms with Crippen LogP contribution in [0.15, 0.2) is 54.6 Å². The number of hydrogen-bond donors (Lipinski definition) is 1. The lowest BCUT2D eigenvalue weighted by Gasteiger charge is -2.02. The molecule has 0 aromatic heterocycles. The molecule has 0 heterocycles. The van der Waals surface area contributed by atoms with Crippen molar-refractivity contribution in [3.05, 3.63) is 65.7 Å². The Labute approximate surface area is 101 Å². The van der Waals surface area contributed by atoms with E-state index in [1.54, 1.807) is 0 Å². The van der Waals surface area contributed by atoms with Crippen molar-refractivity contribution in [2.45, 2.75) is 12.8 Å².